The second-order valence-electron chi connectivity index (χ2n) is 3.02. The van der Waals surface area contributed by atoms with Gasteiger partial charge in [0.05, 0.1) is 11.1 Å². The molecule has 2 aromatic rings. The number of alkyl halides is 2. The predicted octanol–water partition coefficient (Wildman–Crippen LogP) is 1.91. The second kappa shape index (κ2) is 4.24. The zero-order chi connectivity index (χ0) is 12.4. The Morgan fingerprint density at radius 3 is 2.76 bits per heavy atom. The number of rotatable bonds is 3. The van der Waals surface area contributed by atoms with Gasteiger partial charge < -0.3 is 0 Å². The minimum Gasteiger partial charge on any atom is -0.258 e. The van der Waals surface area contributed by atoms with Crippen LogP contribution in [0.5, 0.6) is 0 Å². The van der Waals surface area contributed by atoms with Crippen LogP contribution in [-0.4, -0.2) is 19.7 Å². The number of pyridine rings is 1. The quantitative estimate of drug-likeness (QED) is 0.605. The number of halogens is 2. The van der Waals surface area contributed by atoms with Crippen molar-refractivity contribution in [1.82, 2.24) is 14.8 Å². The van der Waals surface area contributed by atoms with Crippen molar-refractivity contribution in [3.63, 3.8) is 0 Å². The van der Waals surface area contributed by atoms with Crippen LogP contribution in [0.3, 0.4) is 0 Å². The fraction of sp³-hybridized carbons (Fsp3) is 0.111. The Kier molecular flexibility index (Phi) is 2.77. The van der Waals surface area contributed by atoms with Crippen molar-refractivity contribution in [3.8, 4) is 5.82 Å². The first-order chi connectivity index (χ1) is 8.09. The van der Waals surface area contributed by atoms with E-state index in [1.54, 1.807) is 0 Å². The van der Waals surface area contributed by atoms with E-state index >= 15 is 0 Å². The number of nitrogens with zero attached hydrogens (tertiary/aromatic N) is 4. The largest absolute Gasteiger partial charge is 0.287 e. The van der Waals surface area contributed by atoms with Gasteiger partial charge in [-0.2, -0.15) is 5.10 Å². The van der Waals surface area contributed by atoms with E-state index in [0.717, 1.165) is 17.1 Å². The molecule has 0 N–H and O–H groups in total. The van der Waals surface area contributed by atoms with E-state index in [-0.39, 0.29) is 11.5 Å². The van der Waals surface area contributed by atoms with Crippen molar-refractivity contribution in [2.45, 2.75) is 6.43 Å². The average Bonchev–Trinajstić information content (AvgIpc) is 2.78. The summed E-state index contributed by atoms with van der Waals surface area (Å²) in [5.74, 6) is 0.0761. The highest BCUT2D eigenvalue weighted by atomic mass is 19.3. The minimum absolute atomic E-state index is 0.0761. The van der Waals surface area contributed by atoms with E-state index in [1.165, 1.54) is 12.1 Å². The molecule has 0 aliphatic carbocycles. The van der Waals surface area contributed by atoms with E-state index < -0.39 is 17.0 Å². The van der Waals surface area contributed by atoms with Gasteiger partial charge in [0.1, 0.15) is 11.9 Å². The van der Waals surface area contributed by atoms with Crippen LogP contribution in [0.2, 0.25) is 0 Å². The lowest BCUT2D eigenvalue weighted by Gasteiger charge is -2.04. The number of nitro groups is 1. The van der Waals surface area contributed by atoms with E-state index in [4.69, 9.17) is 0 Å². The van der Waals surface area contributed by atoms with Gasteiger partial charge in [-0.3, -0.25) is 10.1 Å². The first-order valence-corrected chi connectivity index (χ1v) is 4.44. The molecule has 0 unspecified atom stereocenters. The highest BCUT2D eigenvalue weighted by molar-refractivity contribution is 5.33. The van der Waals surface area contributed by atoms with Gasteiger partial charge >= 0.3 is 0 Å². The Morgan fingerprint density at radius 1 is 1.47 bits per heavy atom. The summed E-state index contributed by atoms with van der Waals surface area (Å²) in [5, 5.41) is 14.0. The third-order valence-electron chi connectivity index (χ3n) is 1.98. The average molecular weight is 239 g/mol. The van der Waals surface area contributed by atoms with E-state index in [1.807, 2.05) is 0 Å². The summed E-state index contributed by atoms with van der Waals surface area (Å²) < 4.78 is 25.9. The van der Waals surface area contributed by atoms with Crippen molar-refractivity contribution >= 4 is 5.69 Å². The molecule has 0 aliphatic rings. The molecule has 0 saturated carbocycles. The number of aromatic nitrogens is 3. The van der Waals surface area contributed by atoms with Gasteiger partial charge in [-0.25, -0.2) is 18.4 Å². The molecule has 6 nitrogen and oxygen atoms in total. The lowest BCUT2D eigenvalue weighted by atomic mass is 10.4. The fourth-order valence-electron chi connectivity index (χ4n) is 1.23. The molecule has 8 heteroatoms. The Hall–Kier alpha value is -2.38. The van der Waals surface area contributed by atoms with Crippen LogP contribution in [0.15, 0.2) is 24.5 Å². The molecule has 1 radical (unpaired) electrons. The summed E-state index contributed by atoms with van der Waals surface area (Å²) in [4.78, 5) is 13.5. The van der Waals surface area contributed by atoms with Crippen LogP contribution in [0.4, 0.5) is 14.5 Å². The van der Waals surface area contributed by atoms with Gasteiger partial charge in [0.2, 0.25) is 0 Å². The van der Waals surface area contributed by atoms with E-state index in [9.17, 15) is 18.9 Å². The number of hydrogen-bond donors (Lipinski definition) is 0. The van der Waals surface area contributed by atoms with Crippen LogP contribution in [-0.2, 0) is 0 Å². The normalized spacial score (nSPS) is 10.8. The van der Waals surface area contributed by atoms with Crippen LogP contribution in [0.25, 0.3) is 5.82 Å². The third kappa shape index (κ3) is 2.10. The maximum absolute atomic E-state index is 12.5. The highest BCUT2D eigenvalue weighted by Crippen LogP contribution is 2.20. The first kappa shape index (κ1) is 11.1. The van der Waals surface area contributed by atoms with Gasteiger partial charge in [0.15, 0.2) is 5.82 Å². The molecular weight excluding hydrogens is 234 g/mol. The Bertz CT molecular complexity index is 538. The fourth-order valence-corrected chi connectivity index (χ4v) is 1.23. The molecule has 2 aromatic heterocycles. The van der Waals surface area contributed by atoms with Crippen molar-refractivity contribution in [2.75, 3.05) is 0 Å². The molecule has 0 saturated heterocycles. The Balaban J connectivity index is 2.40. The summed E-state index contributed by atoms with van der Waals surface area (Å²) in [7, 11) is 0. The summed E-state index contributed by atoms with van der Waals surface area (Å²) >= 11 is 0. The lowest BCUT2D eigenvalue weighted by Crippen LogP contribution is -2.04. The maximum Gasteiger partial charge on any atom is 0.287 e. The third-order valence-corrected chi connectivity index (χ3v) is 1.98. The van der Waals surface area contributed by atoms with Crippen molar-refractivity contribution in [2.24, 2.45) is 0 Å². The zero-order valence-electron chi connectivity index (χ0n) is 8.25. The molecule has 87 valence electrons. The molecule has 0 aromatic carbocycles. The summed E-state index contributed by atoms with van der Waals surface area (Å²) in [6.07, 6.45) is -0.675. The number of hydrogen-bond acceptors (Lipinski definition) is 4. The summed E-state index contributed by atoms with van der Waals surface area (Å²) in [6, 6.07) is 4.68. The SMILES string of the molecule is O=[N+]([O-])c1ccc(-n2nc[c]c2C(F)F)nc1. The second-order valence-corrected chi connectivity index (χ2v) is 3.02. The van der Waals surface area contributed by atoms with E-state index in [0.29, 0.717) is 0 Å². The smallest absolute Gasteiger partial charge is 0.258 e. The molecule has 0 amide bonds. The minimum atomic E-state index is -2.74. The lowest BCUT2D eigenvalue weighted by molar-refractivity contribution is -0.385. The van der Waals surface area contributed by atoms with E-state index in [2.05, 4.69) is 16.1 Å². The van der Waals surface area contributed by atoms with Crippen molar-refractivity contribution in [3.05, 3.63) is 46.4 Å². The summed E-state index contributed by atoms with van der Waals surface area (Å²) in [6.45, 7) is 0. The Labute approximate surface area is 93.7 Å². The van der Waals surface area contributed by atoms with Crippen LogP contribution < -0.4 is 0 Å². The van der Waals surface area contributed by atoms with Crippen molar-refractivity contribution < 1.29 is 13.7 Å². The van der Waals surface area contributed by atoms with Gasteiger partial charge in [-0.1, -0.05) is 0 Å². The molecule has 0 spiro atoms. The standard InChI is InChI=1S/C9H5F2N4O2/c10-9(11)7-3-4-13-14(7)8-2-1-6(5-12-8)15(16)17/h1-2,4-5,9H. The first-order valence-electron chi connectivity index (χ1n) is 4.44. The Morgan fingerprint density at radius 2 is 2.24 bits per heavy atom. The molecule has 2 rings (SSSR count). The predicted molar refractivity (Wildman–Crippen MR) is 51.8 cm³/mol. The molecule has 0 bridgehead atoms. The molecule has 17 heavy (non-hydrogen) atoms. The molecule has 0 aliphatic heterocycles. The van der Waals surface area contributed by atoms with Gasteiger partial charge in [-0.05, 0) is 6.07 Å². The molecule has 2 heterocycles. The molecular formula is C9H5F2N4O2. The highest BCUT2D eigenvalue weighted by Gasteiger charge is 2.16. The maximum atomic E-state index is 12.5. The van der Waals surface area contributed by atoms with Crippen LogP contribution in [0.1, 0.15) is 12.1 Å². The van der Waals surface area contributed by atoms with Gasteiger partial charge in [0.25, 0.3) is 12.1 Å². The van der Waals surface area contributed by atoms with Crippen LogP contribution >= 0.6 is 0 Å². The van der Waals surface area contributed by atoms with Crippen molar-refractivity contribution in [1.29, 1.82) is 0 Å². The monoisotopic (exact) mass is 239 g/mol. The summed E-state index contributed by atoms with van der Waals surface area (Å²) in [5.41, 5.74) is -0.658. The topological polar surface area (TPSA) is 73.8 Å². The molecule has 0 atom stereocenters. The van der Waals surface area contributed by atoms with Gasteiger partial charge in [0, 0.05) is 12.1 Å². The van der Waals surface area contributed by atoms with Gasteiger partial charge in [-0.15, -0.1) is 0 Å². The van der Waals surface area contributed by atoms with Crippen LogP contribution in [0, 0.1) is 16.2 Å². The molecule has 0 fully saturated rings. The zero-order valence-corrected chi connectivity index (χ0v) is 8.25.